The summed E-state index contributed by atoms with van der Waals surface area (Å²) in [6, 6.07) is 12.1. The molecule has 3 rings (SSSR count). The third kappa shape index (κ3) is 3.69. The largest absolute Gasteiger partial charge is 0.282 e. The lowest BCUT2D eigenvalue weighted by molar-refractivity contribution is 0.145. The Morgan fingerprint density at radius 3 is 2.30 bits per heavy atom. The van der Waals surface area contributed by atoms with Crippen LogP contribution in [0.3, 0.4) is 0 Å². The molecule has 0 aliphatic heterocycles. The summed E-state index contributed by atoms with van der Waals surface area (Å²) in [5.74, 6) is -1.11. The molecular weight excluding hydrogens is 381 g/mol. The first kappa shape index (κ1) is 18.6. The van der Waals surface area contributed by atoms with Crippen molar-refractivity contribution in [3.05, 3.63) is 65.6 Å². The third-order valence-corrected chi connectivity index (χ3v) is 4.67. The summed E-state index contributed by atoms with van der Waals surface area (Å²) in [5, 5.41) is 17.6. The van der Waals surface area contributed by atoms with Gasteiger partial charge in [0.15, 0.2) is 0 Å². The predicted octanol–water partition coefficient (Wildman–Crippen LogP) is 3.14. The quantitative estimate of drug-likeness (QED) is 0.737. The molecule has 0 saturated carbocycles. The number of nitriles is 1. The van der Waals surface area contributed by atoms with Crippen molar-refractivity contribution in [2.45, 2.75) is 11.3 Å². The molecule has 0 amide bonds. The summed E-state index contributed by atoms with van der Waals surface area (Å²) in [6.07, 6.45) is -2.86. The fourth-order valence-corrected chi connectivity index (χ4v) is 3.07. The van der Waals surface area contributed by atoms with Crippen molar-refractivity contribution < 1.29 is 21.6 Å². The van der Waals surface area contributed by atoms with E-state index in [1.807, 2.05) is 6.07 Å². The summed E-state index contributed by atoms with van der Waals surface area (Å²) in [7, 11) is -4.26. The van der Waals surface area contributed by atoms with Crippen LogP contribution in [-0.2, 0) is 10.0 Å². The van der Waals surface area contributed by atoms with Crippen molar-refractivity contribution in [1.29, 1.82) is 5.26 Å². The zero-order chi connectivity index (χ0) is 19.8. The smallest absolute Gasteiger partial charge is 0.233 e. The van der Waals surface area contributed by atoms with Gasteiger partial charge in [0.05, 0.1) is 23.0 Å². The van der Waals surface area contributed by atoms with Crippen LogP contribution in [0.15, 0.2) is 53.4 Å². The second-order valence-electron chi connectivity index (χ2n) is 5.52. The molecule has 6 nitrogen and oxygen atoms in total. The molecule has 27 heavy (non-hydrogen) atoms. The van der Waals surface area contributed by atoms with Crippen LogP contribution in [0.5, 0.6) is 0 Å². The van der Waals surface area contributed by atoms with Crippen molar-refractivity contribution in [2.24, 2.45) is 5.14 Å². The van der Waals surface area contributed by atoms with E-state index in [0.717, 1.165) is 22.9 Å². The van der Waals surface area contributed by atoms with E-state index in [9.17, 15) is 21.6 Å². The third-order valence-electron chi connectivity index (χ3n) is 3.73. The molecule has 0 spiro atoms. The minimum atomic E-state index is -4.26. The summed E-state index contributed by atoms with van der Waals surface area (Å²) >= 11 is 0. The van der Waals surface area contributed by atoms with Crippen molar-refractivity contribution in [3.63, 3.8) is 0 Å². The Hall–Kier alpha value is -3.16. The number of alkyl halides is 2. The number of halogens is 3. The van der Waals surface area contributed by atoms with Crippen LogP contribution >= 0.6 is 0 Å². The maximum absolute atomic E-state index is 14.2. The van der Waals surface area contributed by atoms with Crippen molar-refractivity contribution in [1.82, 2.24) is 9.78 Å². The second kappa shape index (κ2) is 6.86. The minimum Gasteiger partial charge on any atom is -0.233 e. The molecule has 2 N–H and O–H groups in total. The predicted molar refractivity (Wildman–Crippen MR) is 90.0 cm³/mol. The summed E-state index contributed by atoms with van der Waals surface area (Å²) < 4.78 is 64.2. The van der Waals surface area contributed by atoms with Crippen LogP contribution in [0.2, 0.25) is 0 Å². The van der Waals surface area contributed by atoms with Crippen LogP contribution in [0, 0.1) is 17.1 Å². The number of sulfonamides is 1. The lowest BCUT2D eigenvalue weighted by Gasteiger charge is -2.09. The number of rotatable bonds is 4. The average Bonchev–Trinajstić information content (AvgIpc) is 3.06. The molecule has 0 bridgehead atoms. The molecule has 2 aromatic carbocycles. The molecule has 0 unspecified atom stereocenters. The number of hydrogen-bond donors (Lipinski definition) is 1. The van der Waals surface area contributed by atoms with Crippen LogP contribution < -0.4 is 5.14 Å². The van der Waals surface area contributed by atoms with Gasteiger partial charge in [-0.25, -0.2) is 31.4 Å². The van der Waals surface area contributed by atoms with Gasteiger partial charge in [-0.1, -0.05) is 6.07 Å². The van der Waals surface area contributed by atoms with E-state index in [4.69, 9.17) is 10.4 Å². The highest BCUT2D eigenvalue weighted by atomic mass is 32.2. The van der Waals surface area contributed by atoms with E-state index in [1.165, 1.54) is 30.3 Å². The minimum absolute atomic E-state index is 0.120. The normalized spacial score (nSPS) is 11.6. The standard InChI is InChI=1S/C17H11F3N4O2S/c18-13-7-11(3-6-16(13)27(22,25)26)15-8-14(17(19)20)23-24(15)12-4-1-10(9-21)2-5-12/h1-8,17H,(H2,22,25,26). The van der Waals surface area contributed by atoms with Gasteiger partial charge >= 0.3 is 0 Å². The second-order valence-corrected chi connectivity index (χ2v) is 7.05. The topological polar surface area (TPSA) is 102 Å². The molecule has 0 atom stereocenters. The van der Waals surface area contributed by atoms with E-state index in [1.54, 1.807) is 0 Å². The van der Waals surface area contributed by atoms with Crippen molar-refractivity contribution in [2.75, 3.05) is 0 Å². The SMILES string of the molecule is N#Cc1ccc(-n2nc(C(F)F)cc2-c2ccc(S(N)(=O)=O)c(F)c2)cc1. The molecule has 10 heteroatoms. The first-order valence-corrected chi connectivity index (χ1v) is 8.96. The van der Waals surface area contributed by atoms with Gasteiger partial charge in [-0.15, -0.1) is 0 Å². The molecule has 0 saturated heterocycles. The number of aromatic nitrogens is 2. The summed E-state index contributed by atoms with van der Waals surface area (Å²) in [4.78, 5) is -0.704. The highest BCUT2D eigenvalue weighted by Crippen LogP contribution is 2.30. The van der Waals surface area contributed by atoms with E-state index < -0.39 is 32.9 Å². The van der Waals surface area contributed by atoms with E-state index in [-0.39, 0.29) is 11.3 Å². The average molecular weight is 392 g/mol. The van der Waals surface area contributed by atoms with E-state index >= 15 is 0 Å². The van der Waals surface area contributed by atoms with Gasteiger partial charge < -0.3 is 0 Å². The number of hydrogen-bond acceptors (Lipinski definition) is 4. The lowest BCUT2D eigenvalue weighted by Crippen LogP contribution is -2.14. The first-order chi connectivity index (χ1) is 12.7. The summed E-state index contributed by atoms with van der Waals surface area (Å²) in [6.45, 7) is 0. The Balaban J connectivity index is 2.17. The zero-order valence-corrected chi connectivity index (χ0v) is 14.3. The molecular formula is C17H11F3N4O2S. The van der Waals surface area contributed by atoms with E-state index in [0.29, 0.717) is 11.3 Å². The van der Waals surface area contributed by atoms with Crippen LogP contribution in [-0.4, -0.2) is 18.2 Å². The monoisotopic (exact) mass is 392 g/mol. The maximum atomic E-state index is 14.2. The molecule has 0 aliphatic rings. The molecule has 3 aromatic rings. The number of nitrogens with zero attached hydrogens (tertiary/aromatic N) is 3. The fourth-order valence-electron chi connectivity index (χ4n) is 2.48. The molecule has 138 valence electrons. The Morgan fingerprint density at radius 1 is 1.11 bits per heavy atom. The number of benzene rings is 2. The van der Waals surface area contributed by atoms with Crippen LogP contribution in [0.4, 0.5) is 13.2 Å². The first-order valence-electron chi connectivity index (χ1n) is 7.42. The van der Waals surface area contributed by atoms with Gasteiger partial charge in [0.25, 0.3) is 6.43 Å². The number of nitrogens with two attached hydrogens (primary N) is 1. The van der Waals surface area contributed by atoms with Gasteiger partial charge in [0.1, 0.15) is 16.4 Å². The molecule has 1 heterocycles. The summed E-state index contributed by atoms with van der Waals surface area (Å²) in [5.41, 5.74) is 0.445. The van der Waals surface area contributed by atoms with Crippen LogP contribution in [0.1, 0.15) is 17.7 Å². The molecule has 0 aliphatic carbocycles. The fraction of sp³-hybridized carbons (Fsp3) is 0.0588. The Morgan fingerprint density at radius 2 is 1.78 bits per heavy atom. The van der Waals surface area contributed by atoms with Gasteiger partial charge in [0.2, 0.25) is 10.0 Å². The van der Waals surface area contributed by atoms with Crippen molar-refractivity contribution >= 4 is 10.0 Å². The molecule has 0 radical (unpaired) electrons. The van der Waals surface area contributed by atoms with Crippen molar-refractivity contribution in [3.8, 4) is 23.0 Å². The molecule has 0 fully saturated rings. The van der Waals surface area contributed by atoms with Gasteiger partial charge in [-0.05, 0) is 42.5 Å². The van der Waals surface area contributed by atoms with Gasteiger partial charge in [0, 0.05) is 5.56 Å². The Kier molecular flexibility index (Phi) is 4.73. The molecule has 1 aromatic heterocycles. The Labute approximate surface area is 152 Å². The number of primary sulfonamides is 1. The zero-order valence-electron chi connectivity index (χ0n) is 13.5. The highest BCUT2D eigenvalue weighted by Gasteiger charge is 2.20. The Bertz CT molecular complexity index is 1150. The highest BCUT2D eigenvalue weighted by molar-refractivity contribution is 7.89. The van der Waals surface area contributed by atoms with E-state index in [2.05, 4.69) is 5.10 Å². The lowest BCUT2D eigenvalue weighted by atomic mass is 10.1. The maximum Gasteiger partial charge on any atom is 0.282 e. The van der Waals surface area contributed by atoms with Gasteiger partial charge in [-0.3, -0.25) is 0 Å². The van der Waals surface area contributed by atoms with Gasteiger partial charge in [-0.2, -0.15) is 10.4 Å². The van der Waals surface area contributed by atoms with Crippen LogP contribution in [0.25, 0.3) is 16.9 Å².